The molecule has 0 heterocycles. The second-order valence-electron chi connectivity index (χ2n) is 2.82. The molecule has 0 bridgehead atoms. The van der Waals surface area contributed by atoms with Crippen LogP contribution >= 0.6 is 0 Å². The molecule has 1 fully saturated rings. The Morgan fingerprint density at radius 3 is 2.10 bits per heavy atom. The van der Waals surface area contributed by atoms with Crippen LogP contribution in [0.2, 0.25) is 0 Å². The highest BCUT2D eigenvalue weighted by Gasteiger charge is 2.38. The minimum Gasteiger partial charge on any atom is -0.396 e. The van der Waals surface area contributed by atoms with Crippen molar-refractivity contribution in [3.05, 3.63) is 0 Å². The zero-order valence-electron chi connectivity index (χ0n) is 5.64. The molecule has 0 aliphatic heterocycles. The minimum atomic E-state index is -0.864. The van der Waals surface area contributed by atoms with Gasteiger partial charge in [0.25, 0.3) is 0 Å². The molecule has 4 atom stereocenters. The first-order valence-electron chi connectivity index (χ1n) is 3.39. The van der Waals surface area contributed by atoms with Crippen molar-refractivity contribution in [2.75, 3.05) is 6.61 Å². The zero-order chi connectivity index (χ0) is 7.72. The van der Waals surface area contributed by atoms with Crippen molar-refractivity contribution in [2.45, 2.75) is 24.7 Å². The standard InChI is InChI=1S/C6H13NO3/c7-4-1-3(2-8)5(9)6(4)10/h3-6,8-10H,1-2,7H2/t3-,4+,5-,6-/m1/s1. The lowest BCUT2D eigenvalue weighted by Crippen LogP contribution is -2.35. The van der Waals surface area contributed by atoms with Gasteiger partial charge in [-0.25, -0.2) is 0 Å². The van der Waals surface area contributed by atoms with Crippen LogP contribution in [0.5, 0.6) is 0 Å². The molecule has 4 heteroatoms. The number of hydrogen-bond donors (Lipinski definition) is 4. The fourth-order valence-electron chi connectivity index (χ4n) is 1.34. The van der Waals surface area contributed by atoms with Crippen LogP contribution in [0.25, 0.3) is 0 Å². The van der Waals surface area contributed by atoms with Crippen LogP contribution in [0.3, 0.4) is 0 Å². The third-order valence-electron chi connectivity index (χ3n) is 2.08. The summed E-state index contributed by atoms with van der Waals surface area (Å²) >= 11 is 0. The largest absolute Gasteiger partial charge is 0.396 e. The summed E-state index contributed by atoms with van der Waals surface area (Å²) in [6, 6.07) is -0.382. The van der Waals surface area contributed by atoms with E-state index in [1.807, 2.05) is 0 Å². The van der Waals surface area contributed by atoms with E-state index in [1.165, 1.54) is 0 Å². The predicted molar refractivity (Wildman–Crippen MR) is 35.2 cm³/mol. The fourth-order valence-corrected chi connectivity index (χ4v) is 1.34. The molecule has 0 aromatic rings. The first-order valence-corrected chi connectivity index (χ1v) is 3.39. The van der Waals surface area contributed by atoms with Gasteiger partial charge in [0.05, 0.1) is 12.2 Å². The van der Waals surface area contributed by atoms with Gasteiger partial charge in [-0.15, -0.1) is 0 Å². The quantitative estimate of drug-likeness (QED) is 0.347. The van der Waals surface area contributed by atoms with Gasteiger partial charge in [0, 0.05) is 18.6 Å². The first-order chi connectivity index (χ1) is 4.66. The molecule has 0 aromatic heterocycles. The maximum absolute atomic E-state index is 9.14. The van der Waals surface area contributed by atoms with Gasteiger partial charge in [0.15, 0.2) is 0 Å². The zero-order valence-corrected chi connectivity index (χ0v) is 5.64. The highest BCUT2D eigenvalue weighted by Crippen LogP contribution is 2.24. The summed E-state index contributed by atoms with van der Waals surface area (Å²) in [6.07, 6.45) is -1.21. The van der Waals surface area contributed by atoms with Crippen LogP contribution in [0, 0.1) is 5.92 Å². The Bertz CT molecular complexity index is 120. The summed E-state index contributed by atoms with van der Waals surface area (Å²) in [5.74, 6) is -0.245. The molecular weight excluding hydrogens is 134 g/mol. The second kappa shape index (κ2) is 2.84. The van der Waals surface area contributed by atoms with Crippen molar-refractivity contribution < 1.29 is 15.3 Å². The Hall–Kier alpha value is -0.160. The van der Waals surface area contributed by atoms with Crippen molar-refractivity contribution in [1.29, 1.82) is 0 Å². The van der Waals surface area contributed by atoms with Gasteiger partial charge in [-0.2, -0.15) is 0 Å². The third-order valence-corrected chi connectivity index (χ3v) is 2.08. The molecule has 10 heavy (non-hydrogen) atoms. The lowest BCUT2D eigenvalue weighted by Gasteiger charge is -2.13. The van der Waals surface area contributed by atoms with Crippen molar-refractivity contribution in [1.82, 2.24) is 0 Å². The summed E-state index contributed by atoms with van der Waals surface area (Å²) in [5, 5.41) is 26.9. The summed E-state index contributed by atoms with van der Waals surface area (Å²) in [6.45, 7) is -0.105. The Morgan fingerprint density at radius 1 is 1.30 bits per heavy atom. The van der Waals surface area contributed by atoms with Crippen molar-refractivity contribution in [3.8, 4) is 0 Å². The lowest BCUT2D eigenvalue weighted by molar-refractivity contribution is 0.00300. The third kappa shape index (κ3) is 1.15. The molecule has 5 N–H and O–H groups in total. The number of aliphatic hydroxyl groups excluding tert-OH is 3. The van der Waals surface area contributed by atoms with Gasteiger partial charge >= 0.3 is 0 Å². The molecule has 0 spiro atoms. The molecule has 0 aromatic carbocycles. The van der Waals surface area contributed by atoms with Gasteiger partial charge in [-0.3, -0.25) is 0 Å². The van der Waals surface area contributed by atoms with Gasteiger partial charge in [0.1, 0.15) is 0 Å². The Balaban J connectivity index is 2.53. The molecule has 0 saturated heterocycles. The van der Waals surface area contributed by atoms with Crippen LogP contribution in [-0.2, 0) is 0 Å². The molecule has 0 radical (unpaired) electrons. The van der Waals surface area contributed by atoms with Crippen LogP contribution in [0.15, 0.2) is 0 Å². The Labute approximate surface area is 59.3 Å². The van der Waals surface area contributed by atoms with Crippen LogP contribution in [0.4, 0.5) is 0 Å². The monoisotopic (exact) mass is 147 g/mol. The Kier molecular flexibility index (Phi) is 2.25. The average Bonchev–Trinajstić information content (AvgIpc) is 2.17. The van der Waals surface area contributed by atoms with E-state index in [4.69, 9.17) is 21.1 Å². The van der Waals surface area contributed by atoms with Gasteiger partial charge in [0.2, 0.25) is 0 Å². The molecular formula is C6H13NO3. The average molecular weight is 147 g/mol. The number of rotatable bonds is 1. The van der Waals surface area contributed by atoms with Gasteiger partial charge in [-0.1, -0.05) is 0 Å². The van der Waals surface area contributed by atoms with E-state index in [9.17, 15) is 0 Å². The summed E-state index contributed by atoms with van der Waals surface area (Å²) in [5.41, 5.74) is 5.41. The maximum atomic E-state index is 9.14. The Morgan fingerprint density at radius 2 is 1.90 bits per heavy atom. The van der Waals surface area contributed by atoms with Gasteiger partial charge in [-0.05, 0) is 6.42 Å². The molecule has 1 rings (SSSR count). The summed E-state index contributed by atoms with van der Waals surface area (Å²) in [4.78, 5) is 0. The summed E-state index contributed by atoms with van der Waals surface area (Å²) < 4.78 is 0. The normalized spacial score (nSPS) is 48.0. The van der Waals surface area contributed by atoms with Crippen molar-refractivity contribution >= 4 is 0 Å². The number of nitrogens with two attached hydrogens (primary N) is 1. The SMILES string of the molecule is N[C@H]1C[C@H](CO)[C@@H](O)[C@@H]1O. The molecule has 4 nitrogen and oxygen atoms in total. The van der Waals surface area contributed by atoms with E-state index in [1.54, 1.807) is 0 Å². The van der Waals surface area contributed by atoms with E-state index in [0.717, 1.165) is 0 Å². The second-order valence-corrected chi connectivity index (χ2v) is 2.82. The van der Waals surface area contributed by atoms with Crippen molar-refractivity contribution in [2.24, 2.45) is 11.7 Å². The van der Waals surface area contributed by atoms with Crippen molar-refractivity contribution in [3.63, 3.8) is 0 Å². The van der Waals surface area contributed by atoms with Crippen LogP contribution in [0.1, 0.15) is 6.42 Å². The first kappa shape index (κ1) is 7.94. The maximum Gasteiger partial charge on any atom is 0.0953 e. The smallest absolute Gasteiger partial charge is 0.0953 e. The van der Waals surface area contributed by atoms with Gasteiger partial charge < -0.3 is 21.1 Å². The van der Waals surface area contributed by atoms with E-state index < -0.39 is 12.2 Å². The molecule has 1 saturated carbocycles. The number of hydrogen-bond acceptors (Lipinski definition) is 4. The van der Waals surface area contributed by atoms with Crippen LogP contribution in [-0.4, -0.2) is 40.2 Å². The lowest BCUT2D eigenvalue weighted by atomic mass is 10.1. The van der Waals surface area contributed by atoms with E-state index >= 15 is 0 Å². The molecule has 1 aliphatic rings. The highest BCUT2D eigenvalue weighted by atomic mass is 16.3. The molecule has 1 aliphatic carbocycles. The van der Waals surface area contributed by atoms with E-state index in [2.05, 4.69) is 0 Å². The molecule has 0 amide bonds. The van der Waals surface area contributed by atoms with E-state index in [0.29, 0.717) is 6.42 Å². The molecule has 0 unspecified atom stereocenters. The highest BCUT2D eigenvalue weighted by molar-refractivity contribution is 4.92. The molecule has 60 valence electrons. The topological polar surface area (TPSA) is 86.7 Å². The van der Waals surface area contributed by atoms with E-state index in [-0.39, 0.29) is 18.6 Å². The fraction of sp³-hybridized carbons (Fsp3) is 1.00. The predicted octanol–water partition coefficient (Wildman–Crippen LogP) is -1.95. The number of aliphatic hydroxyl groups is 3. The minimum absolute atomic E-state index is 0.105. The van der Waals surface area contributed by atoms with Crippen LogP contribution < -0.4 is 5.73 Å². The summed E-state index contributed by atoms with van der Waals surface area (Å²) in [7, 11) is 0.